The summed E-state index contributed by atoms with van der Waals surface area (Å²) in [6.07, 6.45) is 4.21. The van der Waals surface area contributed by atoms with E-state index in [-0.39, 0.29) is 5.41 Å². The van der Waals surface area contributed by atoms with E-state index in [9.17, 15) is 0 Å². The summed E-state index contributed by atoms with van der Waals surface area (Å²) in [6.45, 7) is 14.6. The van der Waals surface area contributed by atoms with Gasteiger partial charge in [-0.05, 0) is 64.2 Å². The molecule has 0 N–H and O–H groups in total. The Morgan fingerprint density at radius 2 is 1.76 bits per heavy atom. The van der Waals surface area contributed by atoms with Crippen molar-refractivity contribution in [2.75, 3.05) is 0 Å². The quantitative estimate of drug-likeness (QED) is 0.234. The van der Waals surface area contributed by atoms with Gasteiger partial charge in [0.15, 0.2) is 0 Å². The van der Waals surface area contributed by atoms with Crippen LogP contribution in [-0.2, 0) is 16.4 Å². The largest absolute Gasteiger partial charge is 0.412 e. The number of hydrogen-bond donors (Lipinski definition) is 0. The smallest absolute Gasteiger partial charge is 0.200 e. The summed E-state index contributed by atoms with van der Waals surface area (Å²) >= 11 is 14.4. The van der Waals surface area contributed by atoms with Gasteiger partial charge in [-0.2, -0.15) is 0 Å². The highest BCUT2D eigenvalue weighted by atomic mass is 79.9. The van der Waals surface area contributed by atoms with Crippen molar-refractivity contribution < 1.29 is 4.43 Å². The number of rotatable bonds is 9. The van der Waals surface area contributed by atoms with Crippen LogP contribution in [0.15, 0.2) is 40.3 Å². The van der Waals surface area contributed by atoms with Crippen LogP contribution in [0.5, 0.6) is 0 Å². The van der Waals surface area contributed by atoms with Gasteiger partial charge in [0.2, 0.25) is 8.32 Å². The molecule has 7 heteroatoms. The molecule has 1 fully saturated rings. The normalized spacial score (nSPS) is 15.7. The first-order chi connectivity index (χ1) is 15.6. The predicted octanol–water partition coefficient (Wildman–Crippen LogP) is 10.1. The van der Waals surface area contributed by atoms with Crippen molar-refractivity contribution in [3.05, 3.63) is 61.5 Å². The van der Waals surface area contributed by atoms with E-state index in [0.29, 0.717) is 23.2 Å². The number of benzene rings is 1. The molecule has 0 aliphatic heterocycles. The fourth-order valence-electron chi connectivity index (χ4n) is 5.52. The number of thiophene rings is 1. The molecule has 0 spiro atoms. The third-order valence-electron chi connectivity index (χ3n) is 7.27. The van der Waals surface area contributed by atoms with E-state index in [1.807, 2.05) is 6.20 Å². The molecular weight excluding hydrogens is 550 g/mol. The zero-order valence-corrected chi connectivity index (χ0v) is 25.2. The molecule has 0 atom stereocenters. The summed E-state index contributed by atoms with van der Waals surface area (Å²) in [5, 5.41) is 4.12. The van der Waals surface area contributed by atoms with E-state index in [0.717, 1.165) is 27.9 Å². The van der Waals surface area contributed by atoms with Crippen molar-refractivity contribution in [1.82, 2.24) is 4.98 Å². The minimum absolute atomic E-state index is 0.0501. The van der Waals surface area contributed by atoms with Gasteiger partial charge >= 0.3 is 0 Å². The second-order valence-corrected chi connectivity index (χ2v) is 18.8. The molecule has 2 heterocycles. The van der Waals surface area contributed by atoms with E-state index >= 15 is 0 Å². The Kier molecular flexibility index (Phi) is 7.65. The fourth-order valence-corrected chi connectivity index (χ4v) is 13.7. The molecule has 1 aliphatic carbocycles. The SMILES string of the molecule is CC(C)[Si](OCc1cc(Cl)c(C2(c3ncc(-c4cccs4)s3)CC2)cc1Br)(C(C)C)C(C)C. The average Bonchev–Trinajstić information content (AvgIpc) is 3.15. The Morgan fingerprint density at radius 3 is 2.30 bits per heavy atom. The van der Waals surface area contributed by atoms with Gasteiger partial charge in [0.05, 0.1) is 11.5 Å². The molecule has 1 aromatic carbocycles. The second-order valence-electron chi connectivity index (χ2n) is 10.1. The van der Waals surface area contributed by atoms with Crippen LogP contribution in [0, 0.1) is 0 Å². The molecule has 0 saturated heterocycles. The zero-order valence-electron chi connectivity index (χ0n) is 20.2. The number of thiazole rings is 1. The number of nitrogens with zero attached hydrogens (tertiary/aromatic N) is 1. The summed E-state index contributed by atoms with van der Waals surface area (Å²) in [7, 11) is -1.94. The van der Waals surface area contributed by atoms with Gasteiger partial charge in [0.1, 0.15) is 5.01 Å². The highest BCUT2D eigenvalue weighted by Gasteiger charge is 2.50. The lowest BCUT2D eigenvalue weighted by Crippen LogP contribution is -2.47. The third kappa shape index (κ3) is 4.68. The average molecular weight is 583 g/mol. The molecule has 0 amide bonds. The van der Waals surface area contributed by atoms with Crippen molar-refractivity contribution in [3.63, 3.8) is 0 Å². The Labute approximate surface area is 221 Å². The Morgan fingerprint density at radius 1 is 1.09 bits per heavy atom. The molecule has 0 bridgehead atoms. The molecular formula is C26H33BrClNOS2Si. The van der Waals surface area contributed by atoms with Crippen molar-refractivity contribution in [3.8, 4) is 9.75 Å². The van der Waals surface area contributed by atoms with Crippen LogP contribution >= 0.6 is 50.2 Å². The Bertz CT molecular complexity index is 1080. The van der Waals surface area contributed by atoms with Gasteiger partial charge in [-0.1, -0.05) is 75.1 Å². The number of hydrogen-bond acceptors (Lipinski definition) is 4. The number of aromatic nitrogens is 1. The van der Waals surface area contributed by atoms with Crippen molar-refractivity contribution >= 4 is 58.5 Å². The highest BCUT2D eigenvalue weighted by Crippen LogP contribution is 2.57. The van der Waals surface area contributed by atoms with Gasteiger partial charge in [0, 0.05) is 26.0 Å². The minimum atomic E-state index is -1.94. The van der Waals surface area contributed by atoms with Crippen LogP contribution in [0.4, 0.5) is 0 Å². The molecule has 0 radical (unpaired) electrons. The summed E-state index contributed by atoms with van der Waals surface area (Å²) < 4.78 is 7.93. The van der Waals surface area contributed by atoms with Crippen molar-refractivity contribution in [1.29, 1.82) is 0 Å². The standard InChI is InChI=1S/C26H33BrClNOS2Si/c1-16(2)33(17(3)4,18(5)6)30-15-19-12-22(28)20(13-21(19)27)26(9-10-26)25-29-14-24(32-25)23-8-7-11-31-23/h7-8,11-14,16-18H,9-10,15H2,1-6H3. The molecule has 1 aliphatic rings. The molecule has 4 rings (SSSR count). The van der Waals surface area contributed by atoms with Gasteiger partial charge < -0.3 is 4.43 Å². The molecule has 2 nitrogen and oxygen atoms in total. The molecule has 2 aromatic heterocycles. The first-order valence-corrected chi connectivity index (χ1v) is 16.7. The highest BCUT2D eigenvalue weighted by molar-refractivity contribution is 9.10. The molecule has 33 heavy (non-hydrogen) atoms. The summed E-state index contributed by atoms with van der Waals surface area (Å²) in [4.78, 5) is 7.35. The molecule has 0 unspecified atom stereocenters. The van der Waals surface area contributed by atoms with Gasteiger partial charge in [-0.15, -0.1) is 22.7 Å². The Balaban J connectivity index is 1.60. The third-order valence-corrected chi connectivity index (χ3v) is 16.6. The van der Waals surface area contributed by atoms with Crippen LogP contribution in [0.1, 0.15) is 70.5 Å². The zero-order chi connectivity index (χ0) is 24.0. The van der Waals surface area contributed by atoms with E-state index in [2.05, 4.69) is 87.1 Å². The first-order valence-electron chi connectivity index (χ1n) is 11.7. The second kappa shape index (κ2) is 9.86. The maximum Gasteiger partial charge on any atom is 0.200 e. The fraction of sp³-hybridized carbons (Fsp3) is 0.500. The summed E-state index contributed by atoms with van der Waals surface area (Å²) in [5.41, 5.74) is 3.95. The number of halogens is 2. The van der Waals surface area contributed by atoms with E-state index < -0.39 is 8.32 Å². The van der Waals surface area contributed by atoms with Crippen LogP contribution in [0.2, 0.25) is 21.6 Å². The lowest BCUT2D eigenvalue weighted by Gasteiger charge is -2.42. The lowest BCUT2D eigenvalue weighted by atomic mass is 9.95. The van der Waals surface area contributed by atoms with Gasteiger partial charge in [-0.3, -0.25) is 0 Å². The van der Waals surface area contributed by atoms with E-state index in [1.54, 1.807) is 22.7 Å². The molecule has 1 saturated carbocycles. The summed E-state index contributed by atoms with van der Waals surface area (Å²) in [6, 6.07) is 8.60. The van der Waals surface area contributed by atoms with Crippen LogP contribution in [0.25, 0.3) is 9.75 Å². The van der Waals surface area contributed by atoms with Crippen LogP contribution in [0.3, 0.4) is 0 Å². The Hall–Kier alpha value is -0.503. The monoisotopic (exact) mass is 581 g/mol. The first kappa shape index (κ1) is 25.6. The van der Waals surface area contributed by atoms with Gasteiger partial charge in [0.25, 0.3) is 0 Å². The lowest BCUT2D eigenvalue weighted by molar-refractivity contribution is 0.265. The van der Waals surface area contributed by atoms with E-state index in [1.165, 1.54) is 20.3 Å². The van der Waals surface area contributed by atoms with Gasteiger partial charge in [-0.25, -0.2) is 4.98 Å². The topological polar surface area (TPSA) is 22.1 Å². The van der Waals surface area contributed by atoms with Crippen molar-refractivity contribution in [2.24, 2.45) is 0 Å². The minimum Gasteiger partial charge on any atom is -0.412 e. The predicted molar refractivity (Wildman–Crippen MR) is 150 cm³/mol. The molecule has 3 aromatic rings. The molecule has 178 valence electrons. The van der Waals surface area contributed by atoms with Crippen LogP contribution < -0.4 is 0 Å². The van der Waals surface area contributed by atoms with Crippen molar-refractivity contribution in [2.45, 2.75) is 83.0 Å². The maximum atomic E-state index is 6.93. The van der Waals surface area contributed by atoms with Crippen LogP contribution in [-0.4, -0.2) is 13.3 Å². The summed E-state index contributed by atoms with van der Waals surface area (Å²) in [5.74, 6) is 0. The maximum absolute atomic E-state index is 6.93. The van der Waals surface area contributed by atoms with E-state index in [4.69, 9.17) is 21.0 Å².